The fourth-order valence-electron chi connectivity index (χ4n) is 7.96. The van der Waals surface area contributed by atoms with Crippen molar-refractivity contribution in [2.75, 3.05) is 29.7 Å². The average molecular weight is 487 g/mol. The van der Waals surface area contributed by atoms with E-state index in [1.807, 2.05) is 12.1 Å². The number of nitrogens with one attached hydrogen (secondary N) is 1. The van der Waals surface area contributed by atoms with Crippen LogP contribution >= 0.6 is 0 Å². The van der Waals surface area contributed by atoms with Crippen LogP contribution in [0.1, 0.15) is 50.5 Å². The molecule has 1 amide bonds. The second-order valence-electron chi connectivity index (χ2n) is 11.2. The van der Waals surface area contributed by atoms with Gasteiger partial charge in [0.25, 0.3) is 0 Å². The largest absolute Gasteiger partial charge is 0.323 e. The third-order valence-electron chi connectivity index (χ3n) is 9.20. The van der Waals surface area contributed by atoms with E-state index in [9.17, 15) is 22.9 Å². The molecule has 1 aromatic rings. The molecule has 6 aliphatic rings. The van der Waals surface area contributed by atoms with Gasteiger partial charge in [-0.3, -0.25) is 9.10 Å². The molecule has 6 atom stereocenters. The monoisotopic (exact) mass is 486 g/mol. The lowest BCUT2D eigenvalue weighted by Crippen LogP contribution is -2.52. The first-order valence-corrected chi connectivity index (χ1v) is 14.0. The SMILES string of the molecule is N#C[C@@H]1C[C@H](F)CN1C(=O)CNC12CC3CC1CC(c1ccc(N4CCCS4(=O)=O)cc1)(C3)C2. The van der Waals surface area contributed by atoms with Gasteiger partial charge in [-0.15, -0.1) is 0 Å². The summed E-state index contributed by atoms with van der Waals surface area (Å²) in [5.74, 6) is 1.14. The number of nitrogens with zero attached hydrogens (tertiary/aromatic N) is 3. The quantitative estimate of drug-likeness (QED) is 0.690. The van der Waals surface area contributed by atoms with E-state index < -0.39 is 22.2 Å². The van der Waals surface area contributed by atoms with Crippen molar-refractivity contribution in [3.63, 3.8) is 0 Å². The van der Waals surface area contributed by atoms with Crippen molar-refractivity contribution in [3.8, 4) is 6.07 Å². The number of sulfonamides is 1. The van der Waals surface area contributed by atoms with Gasteiger partial charge in [-0.25, -0.2) is 12.8 Å². The molecule has 182 valence electrons. The van der Waals surface area contributed by atoms with Gasteiger partial charge >= 0.3 is 0 Å². The van der Waals surface area contributed by atoms with Gasteiger partial charge in [0.15, 0.2) is 0 Å². The molecular weight excluding hydrogens is 455 g/mol. The molecule has 7 nitrogen and oxygen atoms in total. The minimum absolute atomic E-state index is 0.0147. The van der Waals surface area contributed by atoms with Crippen molar-refractivity contribution in [1.82, 2.24) is 10.2 Å². The number of alkyl halides is 1. The van der Waals surface area contributed by atoms with Crippen LogP contribution in [0.25, 0.3) is 0 Å². The third-order valence-corrected chi connectivity index (χ3v) is 11.1. The molecule has 2 saturated heterocycles. The number of carbonyl (C=O) groups excluding carboxylic acids is 1. The van der Waals surface area contributed by atoms with Crippen LogP contribution in [0.4, 0.5) is 10.1 Å². The first-order valence-electron chi connectivity index (χ1n) is 12.4. The van der Waals surface area contributed by atoms with Gasteiger partial charge in [-0.1, -0.05) is 12.1 Å². The standard InChI is InChI=1S/C25H31FN4O3S/c26-20-9-22(13-27)29(15-20)23(31)14-28-25-11-17-8-19(25)12-24(10-17,16-25)18-2-4-21(5-3-18)30-6-1-7-34(30,32)33/h2-5,17,19-20,22,28H,1,6-12,14-16H2/t17?,19?,20-,22-,24?,25?/m0/s1. The maximum atomic E-state index is 13.8. The predicted octanol–water partition coefficient (Wildman–Crippen LogP) is 2.48. The summed E-state index contributed by atoms with van der Waals surface area (Å²) in [5, 5.41) is 12.9. The molecule has 34 heavy (non-hydrogen) atoms. The van der Waals surface area contributed by atoms with Crippen LogP contribution in [0.2, 0.25) is 0 Å². The number of likely N-dealkylation sites (tertiary alicyclic amines) is 1. The zero-order valence-electron chi connectivity index (χ0n) is 19.2. The summed E-state index contributed by atoms with van der Waals surface area (Å²) >= 11 is 0. The number of amides is 1. The first-order chi connectivity index (χ1) is 16.2. The second kappa shape index (κ2) is 7.66. The van der Waals surface area contributed by atoms with Crippen LogP contribution in [-0.2, 0) is 20.2 Å². The van der Waals surface area contributed by atoms with E-state index in [0.717, 1.165) is 31.4 Å². The van der Waals surface area contributed by atoms with E-state index in [1.165, 1.54) is 21.2 Å². The minimum atomic E-state index is -3.19. The molecule has 1 aromatic carbocycles. The number of carbonyl (C=O) groups is 1. The van der Waals surface area contributed by atoms with E-state index in [2.05, 4.69) is 23.5 Å². The molecule has 6 fully saturated rings. The summed E-state index contributed by atoms with van der Waals surface area (Å²) in [6.45, 7) is 0.710. The molecule has 1 N–H and O–H groups in total. The second-order valence-corrected chi connectivity index (χ2v) is 13.2. The summed E-state index contributed by atoms with van der Waals surface area (Å²) in [6.07, 6.45) is 5.06. The molecule has 2 aliphatic heterocycles. The van der Waals surface area contributed by atoms with Gasteiger partial charge in [0.2, 0.25) is 15.9 Å². The Kier molecular flexibility index (Phi) is 5.02. The summed E-state index contributed by atoms with van der Waals surface area (Å²) in [4.78, 5) is 14.3. The van der Waals surface area contributed by atoms with Crippen LogP contribution in [0, 0.1) is 23.2 Å². The molecule has 4 saturated carbocycles. The highest BCUT2D eigenvalue weighted by Crippen LogP contribution is 2.66. The Balaban J connectivity index is 1.18. The lowest BCUT2D eigenvalue weighted by atomic mass is 9.65. The zero-order chi connectivity index (χ0) is 23.7. The van der Waals surface area contributed by atoms with Crippen molar-refractivity contribution in [3.05, 3.63) is 29.8 Å². The van der Waals surface area contributed by atoms with E-state index in [4.69, 9.17) is 0 Å². The van der Waals surface area contributed by atoms with Crippen LogP contribution in [0.5, 0.6) is 0 Å². The number of rotatable bonds is 5. The van der Waals surface area contributed by atoms with Gasteiger partial charge < -0.3 is 10.2 Å². The Hall–Kier alpha value is -2.18. The van der Waals surface area contributed by atoms with E-state index >= 15 is 0 Å². The van der Waals surface area contributed by atoms with Crippen molar-refractivity contribution >= 4 is 21.6 Å². The Bertz CT molecular complexity index is 1150. The molecule has 0 aromatic heterocycles. The highest BCUT2D eigenvalue weighted by atomic mass is 32.2. The molecule has 2 heterocycles. The van der Waals surface area contributed by atoms with Crippen LogP contribution < -0.4 is 9.62 Å². The van der Waals surface area contributed by atoms with E-state index in [0.29, 0.717) is 24.8 Å². The van der Waals surface area contributed by atoms with Crippen LogP contribution in [-0.4, -0.2) is 62.4 Å². The number of halogens is 1. The van der Waals surface area contributed by atoms with Crippen LogP contribution in [0.3, 0.4) is 0 Å². The third kappa shape index (κ3) is 3.36. The molecule has 4 aliphatic carbocycles. The number of hydrogen-bond acceptors (Lipinski definition) is 5. The van der Waals surface area contributed by atoms with Crippen molar-refractivity contribution < 1.29 is 17.6 Å². The van der Waals surface area contributed by atoms with E-state index in [1.54, 1.807) is 0 Å². The molecule has 7 rings (SSSR count). The minimum Gasteiger partial charge on any atom is -0.323 e. The van der Waals surface area contributed by atoms with E-state index in [-0.39, 0.29) is 42.1 Å². The number of hydrogen-bond donors (Lipinski definition) is 1. The molecule has 0 radical (unpaired) electrons. The summed E-state index contributed by atoms with van der Waals surface area (Å²) < 4.78 is 39.9. The van der Waals surface area contributed by atoms with Crippen molar-refractivity contribution in [1.29, 1.82) is 5.26 Å². The Morgan fingerprint density at radius 3 is 2.71 bits per heavy atom. The zero-order valence-corrected chi connectivity index (χ0v) is 20.1. The van der Waals surface area contributed by atoms with Crippen molar-refractivity contribution in [2.24, 2.45) is 11.8 Å². The summed E-state index contributed by atoms with van der Waals surface area (Å²) in [7, 11) is -3.19. The highest BCUT2D eigenvalue weighted by Gasteiger charge is 2.64. The number of nitriles is 1. The maximum Gasteiger partial charge on any atom is 0.237 e. The number of benzene rings is 1. The van der Waals surface area contributed by atoms with Gasteiger partial charge in [-0.05, 0) is 73.5 Å². The van der Waals surface area contributed by atoms with Gasteiger partial charge in [0.1, 0.15) is 12.2 Å². The first kappa shape index (κ1) is 22.3. The average Bonchev–Trinajstić information content (AvgIpc) is 3.49. The lowest BCUT2D eigenvalue weighted by Gasteiger charge is -2.42. The molecule has 0 spiro atoms. The molecular formula is C25H31FN4O3S. The fourth-order valence-corrected chi connectivity index (χ4v) is 9.53. The summed E-state index contributed by atoms with van der Waals surface area (Å²) in [6, 6.07) is 9.52. The lowest BCUT2D eigenvalue weighted by molar-refractivity contribution is -0.130. The Morgan fingerprint density at radius 1 is 1.21 bits per heavy atom. The summed E-state index contributed by atoms with van der Waals surface area (Å²) in [5.41, 5.74) is 1.97. The topological polar surface area (TPSA) is 93.5 Å². The van der Waals surface area contributed by atoms with Gasteiger partial charge in [0.05, 0.1) is 30.6 Å². The molecule has 4 bridgehead atoms. The normalized spacial score (nSPS) is 39.6. The highest BCUT2D eigenvalue weighted by molar-refractivity contribution is 7.93. The molecule has 9 heteroatoms. The smallest absolute Gasteiger partial charge is 0.237 e. The number of anilines is 1. The van der Waals surface area contributed by atoms with Crippen molar-refractivity contribution in [2.45, 2.75) is 68.1 Å². The fraction of sp³-hybridized carbons (Fsp3) is 0.680. The van der Waals surface area contributed by atoms with Crippen LogP contribution in [0.15, 0.2) is 24.3 Å². The Labute approximate surface area is 200 Å². The maximum absolute atomic E-state index is 13.8. The predicted molar refractivity (Wildman–Crippen MR) is 125 cm³/mol. The Morgan fingerprint density at radius 2 is 2.00 bits per heavy atom. The van der Waals surface area contributed by atoms with Gasteiger partial charge in [-0.2, -0.15) is 5.26 Å². The molecule has 4 unspecified atom stereocenters. The van der Waals surface area contributed by atoms with Gasteiger partial charge in [0, 0.05) is 18.5 Å².